The zero-order valence-electron chi connectivity index (χ0n) is 13.6. The number of halogens is 2. The molecule has 3 rings (SSSR count). The lowest BCUT2D eigenvalue weighted by atomic mass is 10.1. The van der Waals surface area contributed by atoms with Gasteiger partial charge in [0.05, 0.1) is 16.1 Å². The molecule has 0 saturated heterocycles. The fraction of sp³-hybridized carbons (Fsp3) is 0.222. The molecule has 7 heteroatoms. The smallest absolute Gasteiger partial charge is 0.165 e. The summed E-state index contributed by atoms with van der Waals surface area (Å²) in [5.41, 5.74) is 7.12. The number of aromatic nitrogens is 2. The van der Waals surface area contributed by atoms with Crippen molar-refractivity contribution < 1.29 is 5.11 Å². The van der Waals surface area contributed by atoms with Gasteiger partial charge in [-0.1, -0.05) is 42.3 Å². The first kappa shape index (κ1) is 17.7. The molecule has 0 aliphatic heterocycles. The van der Waals surface area contributed by atoms with Crippen molar-refractivity contribution in [3.63, 3.8) is 0 Å². The second-order valence-corrected chi connectivity index (χ2v) is 6.59. The van der Waals surface area contributed by atoms with Gasteiger partial charge in [-0.3, -0.25) is 0 Å². The molecule has 1 aromatic heterocycles. The van der Waals surface area contributed by atoms with Gasteiger partial charge in [-0.25, -0.2) is 9.97 Å². The molecular formula is C18H18Cl2N4O. The monoisotopic (exact) mass is 376 g/mol. The van der Waals surface area contributed by atoms with E-state index in [-0.39, 0.29) is 16.8 Å². The first-order valence-corrected chi connectivity index (χ1v) is 8.69. The van der Waals surface area contributed by atoms with Crippen LogP contribution in [0.5, 0.6) is 5.75 Å². The van der Waals surface area contributed by atoms with E-state index in [0.29, 0.717) is 28.8 Å². The molecule has 130 valence electrons. The van der Waals surface area contributed by atoms with E-state index in [9.17, 15) is 5.11 Å². The molecular weight excluding hydrogens is 359 g/mol. The molecule has 0 aliphatic carbocycles. The van der Waals surface area contributed by atoms with Crippen molar-refractivity contribution in [1.29, 1.82) is 0 Å². The number of fused-ring (bicyclic) bond motifs is 1. The van der Waals surface area contributed by atoms with Crippen molar-refractivity contribution in [2.75, 3.05) is 11.9 Å². The van der Waals surface area contributed by atoms with E-state index in [4.69, 9.17) is 28.9 Å². The summed E-state index contributed by atoms with van der Waals surface area (Å²) < 4.78 is 0. The molecule has 0 amide bonds. The van der Waals surface area contributed by atoms with Gasteiger partial charge in [-0.15, -0.1) is 0 Å². The minimum Gasteiger partial charge on any atom is -0.506 e. The van der Waals surface area contributed by atoms with Crippen molar-refractivity contribution in [2.45, 2.75) is 19.4 Å². The van der Waals surface area contributed by atoms with Gasteiger partial charge in [0.25, 0.3) is 0 Å². The Morgan fingerprint density at radius 1 is 1.20 bits per heavy atom. The number of phenols is 1. The van der Waals surface area contributed by atoms with Crippen LogP contribution in [0.3, 0.4) is 0 Å². The molecule has 0 saturated carbocycles. The van der Waals surface area contributed by atoms with Crippen LogP contribution in [-0.2, 0) is 0 Å². The topological polar surface area (TPSA) is 84.1 Å². The number of nitrogens with one attached hydrogen (secondary N) is 1. The summed E-state index contributed by atoms with van der Waals surface area (Å²) in [5, 5.41) is 15.0. The Morgan fingerprint density at radius 3 is 2.72 bits per heavy atom. The van der Waals surface area contributed by atoms with Crippen molar-refractivity contribution >= 4 is 39.9 Å². The van der Waals surface area contributed by atoms with Crippen LogP contribution in [0, 0.1) is 0 Å². The SMILES string of the molecule is CC[C@H](N)CNc1nc(-c2cc(Cl)cc(Cl)c2O)nc2ccccc12. The van der Waals surface area contributed by atoms with Crippen molar-refractivity contribution in [3.8, 4) is 17.1 Å². The minimum absolute atomic E-state index is 0.0196. The first-order valence-electron chi connectivity index (χ1n) is 7.94. The van der Waals surface area contributed by atoms with Crippen LogP contribution in [0.4, 0.5) is 5.82 Å². The first-order chi connectivity index (χ1) is 12.0. The molecule has 4 N–H and O–H groups in total. The standard InChI is InChI=1S/C18H18Cl2N4O/c1-2-11(21)9-22-17-12-5-3-4-6-15(12)23-18(24-17)13-7-10(19)8-14(20)16(13)25/h3-8,11,25H,2,9,21H2,1H3,(H,22,23,24)/t11-/m0/s1. The quantitative estimate of drug-likeness (QED) is 0.612. The van der Waals surface area contributed by atoms with E-state index < -0.39 is 0 Å². The Morgan fingerprint density at radius 2 is 1.96 bits per heavy atom. The highest BCUT2D eigenvalue weighted by molar-refractivity contribution is 6.36. The highest BCUT2D eigenvalue weighted by atomic mass is 35.5. The van der Waals surface area contributed by atoms with Gasteiger partial charge in [-0.2, -0.15) is 0 Å². The Kier molecular flexibility index (Phi) is 5.27. The molecule has 1 heterocycles. The average molecular weight is 377 g/mol. The summed E-state index contributed by atoms with van der Waals surface area (Å²) in [6.07, 6.45) is 0.855. The molecule has 0 spiro atoms. The molecule has 5 nitrogen and oxygen atoms in total. The lowest BCUT2D eigenvalue weighted by molar-refractivity contribution is 0.477. The maximum atomic E-state index is 10.3. The number of nitrogens with zero attached hydrogens (tertiary/aromatic N) is 2. The van der Waals surface area contributed by atoms with Crippen LogP contribution in [0.25, 0.3) is 22.3 Å². The lowest BCUT2D eigenvalue weighted by Gasteiger charge is -2.14. The molecule has 0 unspecified atom stereocenters. The Bertz CT molecular complexity index is 917. The van der Waals surface area contributed by atoms with Gasteiger partial charge in [0.2, 0.25) is 0 Å². The van der Waals surface area contributed by atoms with E-state index in [1.54, 1.807) is 6.07 Å². The highest BCUT2D eigenvalue weighted by Crippen LogP contribution is 2.37. The molecule has 2 aromatic carbocycles. The normalized spacial score (nSPS) is 12.3. The number of anilines is 1. The molecule has 0 bridgehead atoms. The zero-order chi connectivity index (χ0) is 18.0. The van der Waals surface area contributed by atoms with Gasteiger partial charge in [-0.05, 0) is 30.7 Å². The summed E-state index contributed by atoms with van der Waals surface area (Å²) in [6, 6.07) is 10.7. The number of benzene rings is 2. The average Bonchev–Trinajstić information content (AvgIpc) is 2.62. The van der Waals surface area contributed by atoms with E-state index in [1.165, 1.54) is 6.07 Å². The van der Waals surface area contributed by atoms with Crippen LogP contribution >= 0.6 is 23.2 Å². The second kappa shape index (κ2) is 7.44. The lowest BCUT2D eigenvalue weighted by Crippen LogP contribution is -2.28. The number of nitrogens with two attached hydrogens (primary N) is 1. The molecule has 3 aromatic rings. The molecule has 1 atom stereocenters. The van der Waals surface area contributed by atoms with Crippen LogP contribution in [0.1, 0.15) is 13.3 Å². The minimum atomic E-state index is -0.0995. The summed E-state index contributed by atoms with van der Waals surface area (Å²) in [4.78, 5) is 9.10. The number of hydrogen-bond donors (Lipinski definition) is 3. The van der Waals surface area contributed by atoms with Crippen LogP contribution < -0.4 is 11.1 Å². The van der Waals surface area contributed by atoms with Crippen molar-refractivity contribution in [1.82, 2.24) is 9.97 Å². The number of rotatable bonds is 5. The fourth-order valence-electron chi connectivity index (χ4n) is 2.44. The summed E-state index contributed by atoms with van der Waals surface area (Å²) in [5.74, 6) is 0.894. The van der Waals surface area contributed by atoms with Gasteiger partial charge < -0.3 is 16.2 Å². The third-order valence-corrected chi connectivity index (χ3v) is 4.43. The number of phenolic OH excluding ortho intramolecular Hbond substituents is 1. The molecule has 25 heavy (non-hydrogen) atoms. The van der Waals surface area contributed by atoms with Crippen LogP contribution in [0.2, 0.25) is 10.0 Å². The molecule has 0 radical (unpaired) electrons. The molecule has 0 aliphatic rings. The summed E-state index contributed by atoms with van der Waals surface area (Å²) in [7, 11) is 0. The van der Waals surface area contributed by atoms with E-state index in [0.717, 1.165) is 17.3 Å². The maximum Gasteiger partial charge on any atom is 0.165 e. The second-order valence-electron chi connectivity index (χ2n) is 5.75. The Balaban J connectivity index is 2.14. The number of aromatic hydroxyl groups is 1. The van der Waals surface area contributed by atoms with Crippen LogP contribution in [-0.4, -0.2) is 27.7 Å². The predicted octanol–water partition coefficient (Wildman–Crippen LogP) is 4.46. The number of hydrogen-bond acceptors (Lipinski definition) is 5. The van der Waals surface area contributed by atoms with E-state index in [2.05, 4.69) is 15.3 Å². The maximum absolute atomic E-state index is 10.3. The number of para-hydroxylation sites is 1. The summed E-state index contributed by atoms with van der Waals surface area (Å²) >= 11 is 12.1. The fourth-order valence-corrected chi connectivity index (χ4v) is 2.93. The van der Waals surface area contributed by atoms with Gasteiger partial charge in [0.15, 0.2) is 5.82 Å². The largest absolute Gasteiger partial charge is 0.506 e. The van der Waals surface area contributed by atoms with E-state index in [1.807, 2.05) is 31.2 Å². The highest BCUT2D eigenvalue weighted by Gasteiger charge is 2.15. The van der Waals surface area contributed by atoms with Gasteiger partial charge >= 0.3 is 0 Å². The van der Waals surface area contributed by atoms with Gasteiger partial charge in [0.1, 0.15) is 11.6 Å². The van der Waals surface area contributed by atoms with E-state index >= 15 is 0 Å². The Labute approximate surface area is 155 Å². The predicted molar refractivity (Wildman–Crippen MR) is 103 cm³/mol. The third-order valence-electron chi connectivity index (χ3n) is 3.93. The molecule has 0 fully saturated rings. The summed E-state index contributed by atoms with van der Waals surface area (Å²) in [6.45, 7) is 2.61. The zero-order valence-corrected chi connectivity index (χ0v) is 15.1. The van der Waals surface area contributed by atoms with Crippen molar-refractivity contribution in [3.05, 3.63) is 46.4 Å². The van der Waals surface area contributed by atoms with Gasteiger partial charge in [0, 0.05) is 23.0 Å². The van der Waals surface area contributed by atoms with Crippen molar-refractivity contribution in [2.24, 2.45) is 5.73 Å². The Hall–Kier alpha value is -2.08. The third kappa shape index (κ3) is 3.79. The van der Waals surface area contributed by atoms with Crippen LogP contribution in [0.15, 0.2) is 36.4 Å².